The molecule has 0 saturated carbocycles. The number of aromatic nitrogens is 4. The van der Waals surface area contributed by atoms with Crippen molar-refractivity contribution in [2.75, 3.05) is 26.6 Å². The summed E-state index contributed by atoms with van der Waals surface area (Å²) in [6.45, 7) is 0. The Morgan fingerprint density at radius 3 is 2.32 bits per heavy atom. The van der Waals surface area contributed by atoms with Gasteiger partial charge in [-0.3, -0.25) is 0 Å². The van der Waals surface area contributed by atoms with Crippen molar-refractivity contribution in [1.29, 1.82) is 0 Å². The first-order valence-corrected chi connectivity index (χ1v) is 11.6. The Kier molecular flexibility index (Phi) is 6.15. The molecule has 1 aliphatic carbocycles. The number of halogens is 1. The van der Waals surface area contributed by atoms with Gasteiger partial charge in [0.25, 0.3) is 5.78 Å². The molecule has 0 unspecified atom stereocenters. The zero-order valence-electron chi connectivity index (χ0n) is 19.4. The molecule has 2 heterocycles. The van der Waals surface area contributed by atoms with Gasteiger partial charge in [-0.2, -0.15) is 9.50 Å². The quantitative estimate of drug-likeness (QED) is 0.398. The number of aryl methyl sites for hydroxylation is 1. The van der Waals surface area contributed by atoms with Crippen molar-refractivity contribution in [3.8, 4) is 17.2 Å². The van der Waals surface area contributed by atoms with Crippen molar-refractivity contribution in [3.05, 3.63) is 64.1 Å². The van der Waals surface area contributed by atoms with Crippen molar-refractivity contribution in [2.24, 2.45) is 0 Å². The summed E-state index contributed by atoms with van der Waals surface area (Å²) in [5.74, 6) is 3.84. The minimum Gasteiger partial charge on any atom is -0.493 e. The van der Waals surface area contributed by atoms with Crippen molar-refractivity contribution in [3.63, 3.8) is 0 Å². The van der Waals surface area contributed by atoms with Crippen LogP contribution in [0.25, 0.3) is 5.78 Å². The van der Waals surface area contributed by atoms with E-state index < -0.39 is 0 Å². The van der Waals surface area contributed by atoms with Gasteiger partial charge < -0.3 is 19.5 Å². The second-order valence-corrected chi connectivity index (χ2v) is 8.61. The molecule has 1 N–H and O–H groups in total. The topological polar surface area (TPSA) is 82.8 Å². The molecule has 0 spiro atoms. The van der Waals surface area contributed by atoms with E-state index >= 15 is 0 Å². The lowest BCUT2D eigenvalue weighted by Crippen LogP contribution is -2.14. The van der Waals surface area contributed by atoms with Gasteiger partial charge in [0, 0.05) is 34.8 Å². The molecule has 8 nitrogen and oxygen atoms in total. The second kappa shape index (κ2) is 9.38. The van der Waals surface area contributed by atoms with Crippen molar-refractivity contribution in [2.45, 2.75) is 32.1 Å². The van der Waals surface area contributed by atoms with Gasteiger partial charge in [0.1, 0.15) is 5.82 Å². The predicted octanol–water partition coefficient (Wildman–Crippen LogP) is 5.02. The molecule has 2 aromatic carbocycles. The van der Waals surface area contributed by atoms with Crippen LogP contribution in [-0.2, 0) is 19.3 Å². The summed E-state index contributed by atoms with van der Waals surface area (Å²) in [7, 11) is 4.80. The molecule has 0 radical (unpaired) electrons. The largest absolute Gasteiger partial charge is 0.493 e. The van der Waals surface area contributed by atoms with E-state index in [1.54, 1.807) is 25.8 Å². The number of hydrogen-bond donors (Lipinski definition) is 1. The standard InChI is InChI=1S/C25H26ClN5O3/c1-32-20-13-17(14-21(33-2)23(20)34-3)27-24-18-6-4-5-7-19(18)28-25-29-22(30-31(24)25)12-15-8-10-16(26)11-9-15/h8-11,13-14,27H,4-7,12H2,1-3H3. The monoisotopic (exact) mass is 479 g/mol. The van der Waals surface area contributed by atoms with E-state index in [1.807, 2.05) is 36.4 Å². The highest BCUT2D eigenvalue weighted by Gasteiger charge is 2.22. The molecular formula is C25H26ClN5O3. The minimum atomic E-state index is 0.545. The summed E-state index contributed by atoms with van der Waals surface area (Å²) in [5, 5.41) is 9.07. The number of nitrogens with zero attached hydrogens (tertiary/aromatic N) is 4. The number of anilines is 2. The molecule has 9 heteroatoms. The lowest BCUT2D eigenvalue weighted by Gasteiger charge is -2.21. The Balaban J connectivity index is 1.59. The fourth-order valence-corrected chi connectivity index (χ4v) is 4.49. The zero-order chi connectivity index (χ0) is 23.7. The van der Waals surface area contributed by atoms with Crippen LogP contribution in [0.1, 0.15) is 35.5 Å². The van der Waals surface area contributed by atoms with Gasteiger partial charge in [-0.25, -0.2) is 4.98 Å². The van der Waals surface area contributed by atoms with E-state index in [4.69, 9.17) is 40.9 Å². The third kappa shape index (κ3) is 4.21. The SMILES string of the molecule is COc1cc(Nc2c3c(nc4nc(Cc5ccc(Cl)cc5)nn24)CCCC3)cc(OC)c1OC. The van der Waals surface area contributed by atoms with Crippen LogP contribution in [0.3, 0.4) is 0 Å². The summed E-state index contributed by atoms with van der Waals surface area (Å²) >= 11 is 6.03. The first kappa shape index (κ1) is 22.3. The second-order valence-electron chi connectivity index (χ2n) is 8.17. The molecule has 34 heavy (non-hydrogen) atoms. The summed E-state index contributed by atoms with van der Waals surface area (Å²) in [5.41, 5.74) is 4.11. The molecule has 1 aliphatic rings. The van der Waals surface area contributed by atoms with E-state index in [9.17, 15) is 0 Å². The third-order valence-corrected chi connectivity index (χ3v) is 6.26. The van der Waals surface area contributed by atoms with Crippen LogP contribution in [0.2, 0.25) is 5.02 Å². The highest BCUT2D eigenvalue weighted by Crippen LogP contribution is 2.41. The molecule has 0 bridgehead atoms. The highest BCUT2D eigenvalue weighted by molar-refractivity contribution is 6.30. The van der Waals surface area contributed by atoms with Crippen molar-refractivity contribution < 1.29 is 14.2 Å². The maximum atomic E-state index is 6.03. The number of methoxy groups -OCH3 is 3. The molecule has 0 amide bonds. The maximum absolute atomic E-state index is 6.03. The number of rotatable bonds is 7. The highest BCUT2D eigenvalue weighted by atomic mass is 35.5. The average molecular weight is 480 g/mol. The lowest BCUT2D eigenvalue weighted by atomic mass is 9.96. The Labute approximate surface area is 202 Å². The normalized spacial score (nSPS) is 12.9. The lowest BCUT2D eigenvalue weighted by molar-refractivity contribution is 0.324. The van der Waals surface area contributed by atoms with Crippen LogP contribution in [0.5, 0.6) is 17.2 Å². The van der Waals surface area contributed by atoms with Gasteiger partial charge in [0.15, 0.2) is 17.3 Å². The Bertz CT molecular complexity index is 1310. The van der Waals surface area contributed by atoms with Gasteiger partial charge >= 0.3 is 0 Å². The molecule has 4 aromatic rings. The zero-order valence-corrected chi connectivity index (χ0v) is 20.1. The maximum Gasteiger partial charge on any atom is 0.254 e. The molecule has 0 fully saturated rings. The first-order chi connectivity index (χ1) is 16.6. The smallest absolute Gasteiger partial charge is 0.254 e. The summed E-state index contributed by atoms with van der Waals surface area (Å²) in [6.07, 6.45) is 4.67. The Hall–Kier alpha value is -3.52. The van der Waals surface area contributed by atoms with Gasteiger partial charge in [-0.1, -0.05) is 23.7 Å². The van der Waals surface area contributed by atoms with Crippen LogP contribution in [-0.4, -0.2) is 40.9 Å². The number of benzene rings is 2. The fraction of sp³-hybridized carbons (Fsp3) is 0.320. The van der Waals surface area contributed by atoms with E-state index in [0.29, 0.717) is 40.3 Å². The van der Waals surface area contributed by atoms with Crippen LogP contribution in [0, 0.1) is 0 Å². The summed E-state index contributed by atoms with van der Waals surface area (Å²) in [6, 6.07) is 11.5. The van der Waals surface area contributed by atoms with E-state index in [2.05, 4.69) is 5.32 Å². The number of hydrogen-bond acceptors (Lipinski definition) is 7. The van der Waals surface area contributed by atoms with Crippen LogP contribution < -0.4 is 19.5 Å². The predicted molar refractivity (Wildman–Crippen MR) is 131 cm³/mol. The number of nitrogens with one attached hydrogen (secondary N) is 1. The van der Waals surface area contributed by atoms with E-state index in [-0.39, 0.29) is 0 Å². The third-order valence-electron chi connectivity index (χ3n) is 6.01. The first-order valence-electron chi connectivity index (χ1n) is 11.2. The summed E-state index contributed by atoms with van der Waals surface area (Å²) < 4.78 is 18.3. The molecule has 0 aliphatic heterocycles. The van der Waals surface area contributed by atoms with Crippen LogP contribution in [0.4, 0.5) is 11.5 Å². The Morgan fingerprint density at radius 1 is 0.941 bits per heavy atom. The van der Waals surface area contributed by atoms with Gasteiger partial charge in [0.2, 0.25) is 5.75 Å². The minimum absolute atomic E-state index is 0.545. The molecule has 2 aromatic heterocycles. The van der Waals surface area contributed by atoms with Crippen molar-refractivity contribution >= 4 is 28.9 Å². The van der Waals surface area contributed by atoms with Gasteiger partial charge in [-0.05, 0) is 43.4 Å². The number of fused-ring (bicyclic) bond motifs is 2. The summed E-state index contributed by atoms with van der Waals surface area (Å²) in [4.78, 5) is 9.58. The number of ether oxygens (including phenoxy) is 3. The van der Waals surface area contributed by atoms with Crippen LogP contribution in [0.15, 0.2) is 36.4 Å². The molecule has 176 valence electrons. The average Bonchev–Trinajstić information content (AvgIpc) is 3.26. The van der Waals surface area contributed by atoms with Gasteiger partial charge in [0.05, 0.1) is 27.0 Å². The molecule has 0 saturated heterocycles. The van der Waals surface area contributed by atoms with E-state index in [1.165, 1.54) is 0 Å². The van der Waals surface area contributed by atoms with E-state index in [0.717, 1.165) is 54.0 Å². The van der Waals surface area contributed by atoms with Crippen LogP contribution >= 0.6 is 11.6 Å². The fourth-order valence-electron chi connectivity index (χ4n) is 4.36. The van der Waals surface area contributed by atoms with Gasteiger partial charge in [-0.15, -0.1) is 5.10 Å². The molecule has 5 rings (SSSR count). The van der Waals surface area contributed by atoms with Crippen molar-refractivity contribution in [1.82, 2.24) is 19.6 Å². The molecular weight excluding hydrogens is 454 g/mol. The Morgan fingerprint density at radius 2 is 1.65 bits per heavy atom. The molecule has 0 atom stereocenters.